The van der Waals surface area contributed by atoms with Crippen molar-refractivity contribution < 1.29 is 33.0 Å². The highest BCUT2D eigenvalue weighted by molar-refractivity contribution is 5.76. The van der Waals surface area contributed by atoms with E-state index >= 15 is 0 Å². The Morgan fingerprint density at radius 3 is 2.21 bits per heavy atom. The van der Waals surface area contributed by atoms with Gasteiger partial charge >= 0.3 is 18.0 Å². The van der Waals surface area contributed by atoms with Crippen LogP contribution in [0, 0.1) is 23.7 Å². The van der Waals surface area contributed by atoms with Gasteiger partial charge in [-0.2, -0.15) is 8.78 Å². The molecule has 0 saturated heterocycles. The minimum Gasteiger partial charge on any atom is -0.477 e. The van der Waals surface area contributed by atoms with Crippen LogP contribution in [0.3, 0.4) is 0 Å². The van der Waals surface area contributed by atoms with E-state index in [2.05, 4.69) is 0 Å². The zero-order chi connectivity index (χ0) is 18.7. The van der Waals surface area contributed by atoms with Crippen molar-refractivity contribution in [3.63, 3.8) is 0 Å². The molecule has 5 nitrogen and oxygen atoms in total. The van der Waals surface area contributed by atoms with Crippen molar-refractivity contribution in [2.24, 2.45) is 23.7 Å². The molecule has 0 aromatic rings. The molecule has 0 heterocycles. The number of hydrogen-bond donors (Lipinski definition) is 1. The normalized spacial score (nSPS) is 26.3. The second-order valence-electron chi connectivity index (χ2n) is 7.44. The second-order valence-corrected chi connectivity index (χ2v) is 7.44. The number of ether oxygens (including phenoxy) is 2. The number of carboxylic acid groups (broad SMARTS) is 1. The molecule has 0 radical (unpaired) electrons. The van der Waals surface area contributed by atoms with Gasteiger partial charge in [-0.05, 0) is 36.5 Å². The molecule has 24 heavy (non-hydrogen) atoms. The summed E-state index contributed by atoms with van der Waals surface area (Å²) in [6, 6.07) is 0. The van der Waals surface area contributed by atoms with E-state index in [1.807, 2.05) is 20.8 Å². The third kappa shape index (κ3) is 5.05. The van der Waals surface area contributed by atoms with Crippen LogP contribution >= 0.6 is 0 Å². The maximum Gasteiger partial charge on any atom is 0.509 e. The van der Waals surface area contributed by atoms with Crippen molar-refractivity contribution in [2.45, 2.75) is 72.0 Å². The van der Waals surface area contributed by atoms with E-state index in [0.29, 0.717) is 12.3 Å². The van der Waals surface area contributed by atoms with Crippen molar-refractivity contribution in [3.8, 4) is 0 Å². The minimum absolute atomic E-state index is 0.145. The highest BCUT2D eigenvalue weighted by atomic mass is 19.3. The zero-order valence-electron chi connectivity index (χ0n) is 14.9. The molecule has 1 fully saturated rings. The molecule has 0 amide bonds. The standard InChI is InChI=1S/C17H28F2O5/c1-9(2)12-7-6-11(5)8-13(12)23-16(22)24-14(10(3)4)17(18,19)15(20)21/h9-14H,6-8H2,1-5H3,(H,20,21). The second kappa shape index (κ2) is 8.12. The number of alkyl halides is 2. The number of rotatable bonds is 6. The largest absolute Gasteiger partial charge is 0.509 e. The number of carbonyl (C=O) groups is 2. The number of aliphatic carboxylic acids is 1. The molecule has 0 aromatic carbocycles. The summed E-state index contributed by atoms with van der Waals surface area (Å²) in [5, 5.41) is 8.66. The molecule has 1 aliphatic rings. The number of hydrogen-bond acceptors (Lipinski definition) is 4. The number of halogens is 2. The first kappa shape index (κ1) is 20.6. The van der Waals surface area contributed by atoms with Gasteiger partial charge in [-0.15, -0.1) is 0 Å². The fourth-order valence-electron chi connectivity index (χ4n) is 3.26. The quantitative estimate of drug-likeness (QED) is 0.721. The molecule has 1 aliphatic carbocycles. The Bertz CT molecular complexity index is 450. The predicted molar refractivity (Wildman–Crippen MR) is 83.9 cm³/mol. The Morgan fingerprint density at radius 2 is 1.75 bits per heavy atom. The molecule has 1 saturated carbocycles. The Balaban J connectivity index is 2.79. The molecule has 4 unspecified atom stereocenters. The van der Waals surface area contributed by atoms with Gasteiger partial charge in [-0.3, -0.25) is 0 Å². The summed E-state index contributed by atoms with van der Waals surface area (Å²) < 4.78 is 37.5. The summed E-state index contributed by atoms with van der Waals surface area (Å²) in [6.07, 6.45) is -1.11. The average molecular weight is 350 g/mol. The summed E-state index contributed by atoms with van der Waals surface area (Å²) >= 11 is 0. The number of carbonyl (C=O) groups excluding carboxylic acids is 1. The summed E-state index contributed by atoms with van der Waals surface area (Å²) in [5.41, 5.74) is 0. The molecule has 0 aromatic heterocycles. The van der Waals surface area contributed by atoms with Gasteiger partial charge in [-0.25, -0.2) is 9.59 Å². The van der Waals surface area contributed by atoms with Crippen LogP contribution in [0.5, 0.6) is 0 Å². The molecule has 0 spiro atoms. The Morgan fingerprint density at radius 1 is 1.17 bits per heavy atom. The first-order valence-corrected chi connectivity index (χ1v) is 8.45. The van der Waals surface area contributed by atoms with E-state index in [1.165, 1.54) is 13.8 Å². The SMILES string of the molecule is CC1CCC(C(C)C)C(OC(=O)OC(C(C)C)C(F)(F)C(=O)O)C1. The van der Waals surface area contributed by atoms with Gasteiger partial charge in [0.15, 0.2) is 6.10 Å². The summed E-state index contributed by atoms with van der Waals surface area (Å²) in [7, 11) is 0. The summed E-state index contributed by atoms with van der Waals surface area (Å²) in [4.78, 5) is 22.7. The van der Waals surface area contributed by atoms with Crippen LogP contribution in [-0.4, -0.2) is 35.4 Å². The van der Waals surface area contributed by atoms with E-state index in [9.17, 15) is 18.4 Å². The van der Waals surface area contributed by atoms with E-state index in [4.69, 9.17) is 14.6 Å². The molecule has 0 bridgehead atoms. The lowest BCUT2D eigenvalue weighted by Crippen LogP contribution is -2.47. The molecule has 1 N–H and O–H groups in total. The van der Waals surface area contributed by atoms with E-state index in [0.717, 1.165) is 12.8 Å². The van der Waals surface area contributed by atoms with Crippen molar-refractivity contribution >= 4 is 12.1 Å². The molecular formula is C17H28F2O5. The first-order chi connectivity index (χ1) is 11.0. The van der Waals surface area contributed by atoms with E-state index < -0.39 is 36.2 Å². The van der Waals surface area contributed by atoms with E-state index in [1.54, 1.807) is 0 Å². The lowest BCUT2D eigenvalue weighted by Gasteiger charge is -2.36. The van der Waals surface area contributed by atoms with Crippen molar-refractivity contribution in [3.05, 3.63) is 0 Å². The molecule has 0 aliphatic heterocycles. The Hall–Kier alpha value is -1.40. The number of carboxylic acids is 1. The first-order valence-electron chi connectivity index (χ1n) is 8.45. The van der Waals surface area contributed by atoms with Gasteiger partial charge in [0.05, 0.1) is 0 Å². The smallest absolute Gasteiger partial charge is 0.477 e. The monoisotopic (exact) mass is 350 g/mol. The van der Waals surface area contributed by atoms with Crippen LogP contribution in [0.2, 0.25) is 0 Å². The fraction of sp³-hybridized carbons (Fsp3) is 0.882. The Labute approximate surface area is 141 Å². The fourth-order valence-corrected chi connectivity index (χ4v) is 3.26. The van der Waals surface area contributed by atoms with Gasteiger partial charge in [0.25, 0.3) is 0 Å². The molecule has 140 valence electrons. The van der Waals surface area contributed by atoms with Crippen LogP contribution in [-0.2, 0) is 14.3 Å². The maximum absolute atomic E-state index is 13.7. The van der Waals surface area contributed by atoms with Crippen LogP contribution < -0.4 is 0 Å². The van der Waals surface area contributed by atoms with Crippen molar-refractivity contribution in [1.82, 2.24) is 0 Å². The average Bonchev–Trinajstić information content (AvgIpc) is 2.43. The predicted octanol–water partition coefficient (Wildman–Crippen LogP) is 4.34. The topological polar surface area (TPSA) is 72.8 Å². The third-order valence-corrected chi connectivity index (χ3v) is 4.68. The Kier molecular flexibility index (Phi) is 6.98. The van der Waals surface area contributed by atoms with E-state index in [-0.39, 0.29) is 11.8 Å². The summed E-state index contributed by atoms with van der Waals surface area (Å²) in [5.74, 6) is -6.54. The molecule has 7 heteroatoms. The van der Waals surface area contributed by atoms with Crippen LogP contribution in [0.25, 0.3) is 0 Å². The van der Waals surface area contributed by atoms with Gasteiger partial charge < -0.3 is 14.6 Å². The molecule has 4 atom stereocenters. The van der Waals surface area contributed by atoms with Crippen molar-refractivity contribution in [1.29, 1.82) is 0 Å². The highest BCUT2D eigenvalue weighted by Crippen LogP contribution is 2.36. The van der Waals surface area contributed by atoms with Gasteiger partial charge in [0.1, 0.15) is 6.10 Å². The van der Waals surface area contributed by atoms with Gasteiger partial charge in [0.2, 0.25) is 0 Å². The van der Waals surface area contributed by atoms with Crippen LogP contribution in [0.1, 0.15) is 53.9 Å². The zero-order valence-corrected chi connectivity index (χ0v) is 14.9. The van der Waals surface area contributed by atoms with Gasteiger partial charge in [-0.1, -0.05) is 41.0 Å². The lowest BCUT2D eigenvalue weighted by molar-refractivity contribution is -0.190. The summed E-state index contributed by atoms with van der Waals surface area (Å²) in [6.45, 7) is 8.84. The molecule has 1 rings (SSSR count). The highest BCUT2D eigenvalue weighted by Gasteiger charge is 2.52. The van der Waals surface area contributed by atoms with Gasteiger partial charge in [0, 0.05) is 0 Å². The molecular weight excluding hydrogens is 322 g/mol. The maximum atomic E-state index is 13.7. The minimum atomic E-state index is -4.16. The third-order valence-electron chi connectivity index (χ3n) is 4.68. The van der Waals surface area contributed by atoms with Crippen molar-refractivity contribution in [2.75, 3.05) is 0 Å². The van der Waals surface area contributed by atoms with Crippen LogP contribution in [0.4, 0.5) is 13.6 Å². The van der Waals surface area contributed by atoms with Crippen LogP contribution in [0.15, 0.2) is 0 Å². The lowest BCUT2D eigenvalue weighted by atomic mass is 9.75.